The van der Waals surface area contributed by atoms with Gasteiger partial charge in [-0.15, -0.1) is 0 Å². The van der Waals surface area contributed by atoms with E-state index in [4.69, 9.17) is 9.40 Å². The van der Waals surface area contributed by atoms with Crippen molar-refractivity contribution in [3.8, 4) is 22.6 Å². The second-order valence-electron chi connectivity index (χ2n) is 8.13. The van der Waals surface area contributed by atoms with E-state index in [2.05, 4.69) is 68.3 Å². The predicted molar refractivity (Wildman–Crippen MR) is 126 cm³/mol. The molecule has 0 saturated carbocycles. The van der Waals surface area contributed by atoms with E-state index < -0.39 is 0 Å². The van der Waals surface area contributed by atoms with Crippen LogP contribution in [0.5, 0.6) is 0 Å². The van der Waals surface area contributed by atoms with Crippen molar-refractivity contribution in [3.05, 3.63) is 84.5 Å². The number of aryl methyl sites for hydroxylation is 1. The zero-order chi connectivity index (χ0) is 21.8. The lowest BCUT2D eigenvalue weighted by Crippen LogP contribution is -2.31. The Labute approximate surface area is 188 Å². The highest BCUT2D eigenvalue weighted by atomic mass is 16.4. The fourth-order valence-electron chi connectivity index (χ4n) is 4.13. The molecule has 162 valence electrons. The summed E-state index contributed by atoms with van der Waals surface area (Å²) in [5.74, 6) is 2.39. The van der Waals surface area contributed by atoms with Crippen LogP contribution in [0.15, 0.2) is 77.5 Å². The van der Waals surface area contributed by atoms with E-state index in [1.807, 2.05) is 19.1 Å². The largest absolute Gasteiger partial charge is 0.441 e. The Morgan fingerprint density at radius 1 is 0.781 bits per heavy atom. The molecule has 1 aliphatic heterocycles. The minimum Gasteiger partial charge on any atom is -0.441 e. The van der Waals surface area contributed by atoms with Crippen molar-refractivity contribution in [2.75, 3.05) is 31.1 Å². The maximum atomic E-state index is 6.04. The van der Waals surface area contributed by atoms with E-state index >= 15 is 0 Å². The average molecular weight is 426 g/mol. The summed E-state index contributed by atoms with van der Waals surface area (Å²) >= 11 is 0. The van der Waals surface area contributed by atoms with E-state index in [-0.39, 0.29) is 0 Å². The van der Waals surface area contributed by atoms with Crippen molar-refractivity contribution in [2.45, 2.75) is 19.9 Å². The van der Waals surface area contributed by atoms with Crippen molar-refractivity contribution >= 4 is 5.95 Å². The van der Waals surface area contributed by atoms with Gasteiger partial charge in [0.2, 0.25) is 11.8 Å². The van der Waals surface area contributed by atoms with Crippen LogP contribution in [-0.4, -0.2) is 46.0 Å². The van der Waals surface area contributed by atoms with Gasteiger partial charge in [0.05, 0.1) is 5.69 Å². The molecule has 3 heterocycles. The van der Waals surface area contributed by atoms with Crippen LogP contribution in [0.1, 0.15) is 17.9 Å². The Kier molecular flexibility index (Phi) is 5.94. The van der Waals surface area contributed by atoms with Crippen molar-refractivity contribution < 1.29 is 4.42 Å². The molecular weight excluding hydrogens is 398 g/mol. The SMILES string of the molecule is Cc1oc(-c2ccc(-c3ccccc3)cc2)nc1CN1CCCN(c2ncccn2)CC1. The van der Waals surface area contributed by atoms with Gasteiger partial charge in [0.1, 0.15) is 5.76 Å². The summed E-state index contributed by atoms with van der Waals surface area (Å²) in [6.07, 6.45) is 4.68. The van der Waals surface area contributed by atoms with E-state index in [1.54, 1.807) is 12.4 Å². The first-order valence-corrected chi connectivity index (χ1v) is 11.1. The summed E-state index contributed by atoms with van der Waals surface area (Å²) in [6.45, 7) is 6.65. The molecule has 0 spiro atoms. The summed E-state index contributed by atoms with van der Waals surface area (Å²) in [5, 5.41) is 0. The Morgan fingerprint density at radius 2 is 1.50 bits per heavy atom. The molecule has 0 aliphatic carbocycles. The van der Waals surface area contributed by atoms with Gasteiger partial charge >= 0.3 is 0 Å². The highest BCUT2D eigenvalue weighted by Gasteiger charge is 2.20. The monoisotopic (exact) mass is 425 g/mol. The maximum absolute atomic E-state index is 6.04. The van der Waals surface area contributed by atoms with Crippen LogP contribution < -0.4 is 4.90 Å². The second kappa shape index (κ2) is 9.32. The predicted octanol–water partition coefficient (Wildman–Crippen LogP) is 4.82. The van der Waals surface area contributed by atoms with Gasteiger partial charge in [-0.3, -0.25) is 4.90 Å². The first-order chi connectivity index (χ1) is 15.8. The smallest absolute Gasteiger partial charge is 0.226 e. The topological polar surface area (TPSA) is 58.3 Å². The zero-order valence-electron chi connectivity index (χ0n) is 18.3. The van der Waals surface area contributed by atoms with Crippen molar-refractivity contribution in [2.24, 2.45) is 0 Å². The number of rotatable bonds is 5. The third-order valence-electron chi connectivity index (χ3n) is 5.93. The molecular formula is C26H27N5O. The lowest BCUT2D eigenvalue weighted by atomic mass is 10.0. The average Bonchev–Trinajstić information content (AvgIpc) is 3.05. The van der Waals surface area contributed by atoms with Gasteiger partial charge in [-0.1, -0.05) is 42.5 Å². The molecule has 0 bridgehead atoms. The molecule has 1 aliphatic rings. The number of oxazole rings is 1. The van der Waals surface area contributed by atoms with E-state index in [1.165, 1.54) is 11.1 Å². The first kappa shape index (κ1) is 20.4. The number of hydrogen-bond acceptors (Lipinski definition) is 6. The highest BCUT2D eigenvalue weighted by Crippen LogP contribution is 2.26. The quantitative estimate of drug-likeness (QED) is 0.457. The van der Waals surface area contributed by atoms with Crippen LogP contribution in [0.25, 0.3) is 22.6 Å². The van der Waals surface area contributed by atoms with Gasteiger partial charge in [0.25, 0.3) is 0 Å². The normalized spacial score (nSPS) is 15.0. The molecule has 32 heavy (non-hydrogen) atoms. The standard InChI is InChI=1S/C26H27N5O/c1-20-24(19-30-15-6-16-31(18-17-30)26-27-13-5-14-28-26)29-25(32-20)23-11-9-22(10-12-23)21-7-3-2-4-8-21/h2-5,7-14H,6,15-19H2,1H3. The van der Waals surface area contributed by atoms with E-state index in [0.29, 0.717) is 5.89 Å². The summed E-state index contributed by atoms with van der Waals surface area (Å²) in [4.78, 5) is 18.3. The van der Waals surface area contributed by atoms with Gasteiger partial charge in [-0.2, -0.15) is 0 Å². The van der Waals surface area contributed by atoms with Crippen LogP contribution in [0.4, 0.5) is 5.95 Å². The van der Waals surface area contributed by atoms with Crippen LogP contribution in [-0.2, 0) is 6.54 Å². The number of nitrogens with zero attached hydrogens (tertiary/aromatic N) is 5. The lowest BCUT2D eigenvalue weighted by molar-refractivity contribution is 0.281. The molecule has 2 aromatic heterocycles. The molecule has 0 radical (unpaired) electrons. The van der Waals surface area contributed by atoms with Gasteiger partial charge in [0, 0.05) is 50.7 Å². The van der Waals surface area contributed by atoms with E-state index in [0.717, 1.165) is 62.1 Å². The Morgan fingerprint density at radius 3 is 2.28 bits per heavy atom. The molecule has 6 heteroatoms. The third-order valence-corrected chi connectivity index (χ3v) is 5.93. The van der Waals surface area contributed by atoms with Crippen LogP contribution in [0.3, 0.4) is 0 Å². The highest BCUT2D eigenvalue weighted by molar-refractivity contribution is 5.67. The summed E-state index contributed by atoms with van der Waals surface area (Å²) in [6, 6.07) is 20.7. The molecule has 0 N–H and O–H groups in total. The molecule has 0 unspecified atom stereocenters. The van der Waals surface area contributed by atoms with Crippen LogP contribution in [0.2, 0.25) is 0 Å². The molecule has 4 aromatic rings. The minimum atomic E-state index is 0.686. The van der Waals surface area contributed by atoms with Crippen LogP contribution in [0, 0.1) is 6.92 Å². The van der Waals surface area contributed by atoms with Crippen molar-refractivity contribution in [3.63, 3.8) is 0 Å². The molecule has 0 atom stereocenters. The fourth-order valence-corrected chi connectivity index (χ4v) is 4.13. The fraction of sp³-hybridized carbons (Fsp3) is 0.269. The molecule has 1 fully saturated rings. The van der Waals surface area contributed by atoms with Gasteiger partial charge in [-0.25, -0.2) is 15.0 Å². The van der Waals surface area contributed by atoms with Crippen LogP contribution >= 0.6 is 0 Å². The van der Waals surface area contributed by atoms with Gasteiger partial charge in [-0.05, 0) is 42.7 Å². The second-order valence-corrected chi connectivity index (χ2v) is 8.13. The number of hydrogen-bond donors (Lipinski definition) is 0. The Balaban J connectivity index is 1.26. The molecule has 2 aromatic carbocycles. The first-order valence-electron chi connectivity index (χ1n) is 11.1. The Hall–Kier alpha value is -3.51. The third kappa shape index (κ3) is 4.55. The van der Waals surface area contributed by atoms with Gasteiger partial charge < -0.3 is 9.32 Å². The molecule has 5 rings (SSSR count). The number of aromatic nitrogens is 3. The van der Waals surface area contributed by atoms with E-state index in [9.17, 15) is 0 Å². The zero-order valence-corrected chi connectivity index (χ0v) is 18.3. The molecule has 0 amide bonds. The summed E-state index contributed by atoms with van der Waals surface area (Å²) in [7, 11) is 0. The summed E-state index contributed by atoms with van der Waals surface area (Å²) in [5.41, 5.74) is 4.41. The number of benzene rings is 2. The van der Waals surface area contributed by atoms with Crippen molar-refractivity contribution in [1.82, 2.24) is 19.9 Å². The molecule has 1 saturated heterocycles. The minimum absolute atomic E-state index is 0.686. The maximum Gasteiger partial charge on any atom is 0.226 e. The molecule has 6 nitrogen and oxygen atoms in total. The van der Waals surface area contributed by atoms with Gasteiger partial charge in [0.15, 0.2) is 0 Å². The lowest BCUT2D eigenvalue weighted by Gasteiger charge is -2.21. The number of anilines is 1. The summed E-state index contributed by atoms with van der Waals surface area (Å²) < 4.78 is 6.04. The Bertz CT molecular complexity index is 1140. The van der Waals surface area contributed by atoms with Crippen molar-refractivity contribution in [1.29, 1.82) is 0 Å².